The van der Waals surface area contributed by atoms with Crippen molar-refractivity contribution in [2.24, 2.45) is 0 Å². The maximum atomic E-state index is 11.9. The highest BCUT2D eigenvalue weighted by Crippen LogP contribution is 2.20. The van der Waals surface area contributed by atoms with E-state index in [9.17, 15) is 4.79 Å². The molecule has 7 nitrogen and oxygen atoms in total. The van der Waals surface area contributed by atoms with E-state index >= 15 is 0 Å². The second kappa shape index (κ2) is 6.01. The number of ether oxygens (including phenoxy) is 1. The van der Waals surface area contributed by atoms with E-state index in [0.29, 0.717) is 30.3 Å². The molecule has 0 N–H and O–H groups in total. The van der Waals surface area contributed by atoms with Crippen LogP contribution in [0.3, 0.4) is 0 Å². The van der Waals surface area contributed by atoms with Crippen LogP contribution in [0.2, 0.25) is 0 Å². The average molecular weight is 291 g/mol. The van der Waals surface area contributed by atoms with Crippen LogP contribution in [0.25, 0.3) is 11.5 Å². The van der Waals surface area contributed by atoms with Crippen molar-refractivity contribution in [2.75, 3.05) is 33.2 Å². The summed E-state index contributed by atoms with van der Waals surface area (Å²) in [5.74, 6) is 1.12. The number of piperazine rings is 1. The fourth-order valence-corrected chi connectivity index (χ4v) is 2.13. The van der Waals surface area contributed by atoms with Gasteiger partial charge in [0.1, 0.15) is 12.3 Å². The van der Waals surface area contributed by atoms with Gasteiger partial charge in [-0.25, -0.2) is 4.79 Å². The van der Waals surface area contributed by atoms with Gasteiger partial charge in [-0.2, -0.15) is 0 Å². The first-order valence-electron chi connectivity index (χ1n) is 6.82. The Morgan fingerprint density at radius 3 is 2.86 bits per heavy atom. The molecule has 1 aliphatic heterocycles. The van der Waals surface area contributed by atoms with Crippen molar-refractivity contribution >= 4 is 6.09 Å². The van der Waals surface area contributed by atoms with Crippen LogP contribution in [0.1, 0.15) is 5.69 Å². The third kappa shape index (κ3) is 3.25. The van der Waals surface area contributed by atoms with E-state index in [0.717, 1.165) is 13.1 Å². The molecular formula is C14H17N3O4. The van der Waals surface area contributed by atoms with Gasteiger partial charge in [0.2, 0.25) is 5.76 Å². The van der Waals surface area contributed by atoms with Crippen molar-refractivity contribution in [3.63, 3.8) is 0 Å². The minimum atomic E-state index is -0.314. The molecule has 1 amide bonds. The Hall–Kier alpha value is -2.28. The van der Waals surface area contributed by atoms with Crippen LogP contribution in [0.5, 0.6) is 0 Å². The normalized spacial score (nSPS) is 16.1. The molecule has 0 atom stereocenters. The first kappa shape index (κ1) is 13.7. The molecule has 1 aliphatic rings. The summed E-state index contributed by atoms with van der Waals surface area (Å²) in [6.07, 6.45) is 1.25. The van der Waals surface area contributed by atoms with Gasteiger partial charge in [0.25, 0.3) is 0 Å². The smallest absolute Gasteiger partial charge is 0.410 e. The summed E-state index contributed by atoms with van der Waals surface area (Å²) in [4.78, 5) is 15.8. The van der Waals surface area contributed by atoms with Crippen LogP contribution in [0.15, 0.2) is 33.4 Å². The summed E-state index contributed by atoms with van der Waals surface area (Å²) in [5.41, 5.74) is 0.559. The fraction of sp³-hybridized carbons (Fsp3) is 0.429. The van der Waals surface area contributed by atoms with Gasteiger partial charge in [-0.3, -0.25) is 0 Å². The summed E-state index contributed by atoms with van der Waals surface area (Å²) in [7, 11) is 2.04. The van der Waals surface area contributed by atoms with Gasteiger partial charge in [-0.05, 0) is 19.2 Å². The van der Waals surface area contributed by atoms with Crippen LogP contribution in [-0.2, 0) is 11.3 Å². The van der Waals surface area contributed by atoms with Crippen LogP contribution in [0.4, 0.5) is 4.79 Å². The zero-order chi connectivity index (χ0) is 14.7. The van der Waals surface area contributed by atoms with Crippen molar-refractivity contribution in [2.45, 2.75) is 6.61 Å². The van der Waals surface area contributed by atoms with E-state index in [1.807, 2.05) is 7.05 Å². The van der Waals surface area contributed by atoms with Gasteiger partial charge >= 0.3 is 6.09 Å². The zero-order valence-corrected chi connectivity index (χ0v) is 11.8. The summed E-state index contributed by atoms with van der Waals surface area (Å²) in [6, 6.07) is 5.25. The lowest BCUT2D eigenvalue weighted by Gasteiger charge is -2.31. The highest BCUT2D eigenvalue weighted by atomic mass is 16.6. The highest BCUT2D eigenvalue weighted by Gasteiger charge is 2.20. The molecule has 0 aliphatic carbocycles. The second-order valence-electron chi connectivity index (χ2n) is 5.00. The van der Waals surface area contributed by atoms with Crippen molar-refractivity contribution in [1.82, 2.24) is 15.0 Å². The predicted octanol–water partition coefficient (Wildman–Crippen LogP) is 1.82. The molecule has 0 spiro atoms. The van der Waals surface area contributed by atoms with Gasteiger partial charge < -0.3 is 23.5 Å². The molecule has 2 aromatic rings. The molecule has 7 heteroatoms. The average Bonchev–Trinajstić information content (AvgIpc) is 3.16. The summed E-state index contributed by atoms with van der Waals surface area (Å²) < 4.78 is 15.6. The Balaban J connectivity index is 1.52. The molecule has 3 rings (SSSR count). The lowest BCUT2D eigenvalue weighted by atomic mass is 10.3. The number of carbonyl (C=O) groups excluding carboxylic acids is 1. The van der Waals surface area contributed by atoms with E-state index in [1.54, 1.807) is 29.4 Å². The van der Waals surface area contributed by atoms with Gasteiger partial charge in [0.05, 0.1) is 6.26 Å². The predicted molar refractivity (Wildman–Crippen MR) is 73.5 cm³/mol. The minimum Gasteiger partial charge on any atom is -0.461 e. The van der Waals surface area contributed by atoms with Crippen LogP contribution in [-0.4, -0.2) is 54.3 Å². The summed E-state index contributed by atoms with van der Waals surface area (Å²) in [6.45, 7) is 3.19. The molecule has 2 aromatic heterocycles. The lowest BCUT2D eigenvalue weighted by molar-refractivity contribution is 0.0754. The third-order valence-electron chi connectivity index (χ3n) is 3.43. The van der Waals surface area contributed by atoms with Gasteiger partial charge in [0, 0.05) is 32.2 Å². The largest absolute Gasteiger partial charge is 0.461 e. The van der Waals surface area contributed by atoms with E-state index in [1.165, 1.54) is 0 Å². The van der Waals surface area contributed by atoms with E-state index < -0.39 is 0 Å². The third-order valence-corrected chi connectivity index (χ3v) is 3.43. The highest BCUT2D eigenvalue weighted by molar-refractivity contribution is 5.67. The number of furan rings is 1. The molecule has 0 unspecified atom stereocenters. The quantitative estimate of drug-likeness (QED) is 0.859. The molecule has 0 saturated carbocycles. The van der Waals surface area contributed by atoms with Crippen molar-refractivity contribution < 1.29 is 18.5 Å². The zero-order valence-electron chi connectivity index (χ0n) is 11.8. The molecule has 0 aromatic carbocycles. The molecular weight excluding hydrogens is 274 g/mol. The van der Waals surface area contributed by atoms with Crippen LogP contribution in [0, 0.1) is 0 Å². The Morgan fingerprint density at radius 1 is 1.33 bits per heavy atom. The van der Waals surface area contributed by atoms with E-state index in [2.05, 4.69) is 10.1 Å². The molecule has 1 saturated heterocycles. The fourth-order valence-electron chi connectivity index (χ4n) is 2.13. The van der Waals surface area contributed by atoms with Gasteiger partial charge in [-0.15, -0.1) is 0 Å². The first-order valence-corrected chi connectivity index (χ1v) is 6.82. The Morgan fingerprint density at radius 2 is 2.14 bits per heavy atom. The first-order chi connectivity index (χ1) is 10.2. The van der Waals surface area contributed by atoms with Crippen LogP contribution >= 0.6 is 0 Å². The summed E-state index contributed by atoms with van der Waals surface area (Å²) in [5, 5.41) is 3.86. The van der Waals surface area contributed by atoms with Crippen molar-refractivity contribution in [3.8, 4) is 11.5 Å². The SMILES string of the molecule is CN1CCN(C(=O)OCc2cc(-c3ccco3)on2)CC1. The standard InChI is InChI=1S/C14H17N3O4/c1-16-4-6-17(7-5-16)14(18)20-10-11-9-13(21-15-11)12-3-2-8-19-12/h2-3,8-9H,4-7,10H2,1H3. The topological polar surface area (TPSA) is 72.0 Å². The lowest BCUT2D eigenvalue weighted by Crippen LogP contribution is -2.47. The molecule has 1 fully saturated rings. The van der Waals surface area contributed by atoms with Gasteiger partial charge in [0.15, 0.2) is 5.76 Å². The second-order valence-corrected chi connectivity index (χ2v) is 5.00. The maximum Gasteiger partial charge on any atom is 0.410 e. The summed E-state index contributed by atoms with van der Waals surface area (Å²) >= 11 is 0. The number of amides is 1. The molecule has 21 heavy (non-hydrogen) atoms. The number of hydrogen-bond acceptors (Lipinski definition) is 6. The van der Waals surface area contributed by atoms with Crippen LogP contribution < -0.4 is 0 Å². The van der Waals surface area contributed by atoms with E-state index in [4.69, 9.17) is 13.7 Å². The Labute approximate surface area is 122 Å². The molecule has 0 radical (unpaired) electrons. The maximum absolute atomic E-state index is 11.9. The molecule has 112 valence electrons. The number of rotatable bonds is 3. The van der Waals surface area contributed by atoms with Crippen molar-refractivity contribution in [1.29, 1.82) is 0 Å². The monoisotopic (exact) mass is 291 g/mol. The number of likely N-dealkylation sites (N-methyl/N-ethyl adjacent to an activating group) is 1. The Bertz CT molecular complexity index is 585. The van der Waals surface area contributed by atoms with Gasteiger partial charge in [-0.1, -0.05) is 5.16 Å². The number of hydrogen-bond donors (Lipinski definition) is 0. The van der Waals surface area contributed by atoms with E-state index in [-0.39, 0.29) is 12.7 Å². The van der Waals surface area contributed by atoms with Crippen molar-refractivity contribution in [3.05, 3.63) is 30.2 Å². The number of aromatic nitrogens is 1. The minimum absolute atomic E-state index is 0.0926. The molecule has 0 bridgehead atoms. The molecule has 3 heterocycles. The Kier molecular flexibility index (Phi) is 3.92. The number of nitrogens with zero attached hydrogens (tertiary/aromatic N) is 3. The number of carbonyl (C=O) groups is 1.